The highest BCUT2D eigenvalue weighted by molar-refractivity contribution is 6.23. The van der Waals surface area contributed by atoms with Crippen molar-refractivity contribution in [1.29, 1.82) is 0 Å². The number of fused-ring (bicyclic) bond motifs is 1. The standard InChI is InChI=1S/C29H30N2O6/c1-4-17-36-23-16-11-19(18-24(23)34-3)26-25-27(37-31(26)21-9-7-6-8-10-21)29(33)30(28(25)32)20-12-14-22(15-13-20)35-5-2/h6-16,18,25-27H,4-5,17H2,1-3H3/t25-,26-,27+/m0/s1. The average molecular weight is 503 g/mol. The fourth-order valence-corrected chi connectivity index (χ4v) is 4.86. The number of rotatable bonds is 9. The van der Waals surface area contributed by atoms with Crippen molar-refractivity contribution in [2.24, 2.45) is 5.92 Å². The molecule has 3 atom stereocenters. The zero-order valence-corrected chi connectivity index (χ0v) is 21.1. The summed E-state index contributed by atoms with van der Waals surface area (Å²) in [6.07, 6.45) is -0.0865. The largest absolute Gasteiger partial charge is 0.494 e. The molecule has 5 rings (SSSR count). The molecule has 8 heteroatoms. The van der Waals surface area contributed by atoms with E-state index in [0.29, 0.717) is 36.1 Å². The number of anilines is 2. The molecule has 0 aromatic heterocycles. The Morgan fingerprint density at radius 2 is 1.59 bits per heavy atom. The first kappa shape index (κ1) is 24.6. The normalized spacial score (nSPS) is 20.8. The van der Waals surface area contributed by atoms with Crippen LogP contribution in [-0.2, 0) is 14.4 Å². The third-order valence-electron chi connectivity index (χ3n) is 6.52. The molecule has 0 saturated carbocycles. The molecule has 2 aliphatic heterocycles. The van der Waals surface area contributed by atoms with Crippen LogP contribution >= 0.6 is 0 Å². The highest BCUT2D eigenvalue weighted by atomic mass is 16.7. The molecule has 0 unspecified atom stereocenters. The maximum atomic E-state index is 13.8. The van der Waals surface area contributed by atoms with E-state index in [2.05, 4.69) is 0 Å². The molecule has 2 saturated heterocycles. The van der Waals surface area contributed by atoms with E-state index in [9.17, 15) is 9.59 Å². The summed E-state index contributed by atoms with van der Waals surface area (Å²) in [5.74, 6) is 0.409. The summed E-state index contributed by atoms with van der Waals surface area (Å²) >= 11 is 0. The summed E-state index contributed by atoms with van der Waals surface area (Å²) in [7, 11) is 1.58. The predicted octanol–water partition coefficient (Wildman–Crippen LogP) is 4.93. The topological polar surface area (TPSA) is 77.5 Å². The molecule has 2 heterocycles. The van der Waals surface area contributed by atoms with E-state index in [1.54, 1.807) is 36.4 Å². The number of benzene rings is 3. The maximum absolute atomic E-state index is 13.8. The minimum atomic E-state index is -0.953. The number of carbonyl (C=O) groups excluding carboxylic acids is 2. The second-order valence-corrected chi connectivity index (χ2v) is 8.86. The number of hydrogen-bond acceptors (Lipinski definition) is 7. The molecule has 2 amide bonds. The molecular formula is C29H30N2O6. The van der Waals surface area contributed by atoms with E-state index < -0.39 is 24.0 Å². The average Bonchev–Trinajstić information content (AvgIpc) is 3.44. The van der Waals surface area contributed by atoms with Crippen molar-refractivity contribution in [3.63, 3.8) is 0 Å². The monoisotopic (exact) mass is 502 g/mol. The van der Waals surface area contributed by atoms with E-state index in [1.807, 2.05) is 62.4 Å². The summed E-state index contributed by atoms with van der Waals surface area (Å²) in [5.41, 5.74) is 2.02. The van der Waals surface area contributed by atoms with Gasteiger partial charge in [0, 0.05) is 0 Å². The van der Waals surface area contributed by atoms with Crippen LogP contribution in [0.4, 0.5) is 11.4 Å². The molecule has 3 aromatic carbocycles. The fraction of sp³-hybridized carbons (Fsp3) is 0.310. The van der Waals surface area contributed by atoms with Crippen molar-refractivity contribution in [3.8, 4) is 17.2 Å². The Morgan fingerprint density at radius 3 is 2.27 bits per heavy atom. The van der Waals surface area contributed by atoms with Crippen LogP contribution in [0.25, 0.3) is 0 Å². The lowest BCUT2D eigenvalue weighted by Crippen LogP contribution is -2.37. The molecule has 0 radical (unpaired) electrons. The van der Waals surface area contributed by atoms with Gasteiger partial charge in [0.05, 0.1) is 37.7 Å². The minimum absolute atomic E-state index is 0.312. The molecular weight excluding hydrogens is 472 g/mol. The number of methoxy groups -OCH3 is 1. The second-order valence-electron chi connectivity index (χ2n) is 8.86. The third kappa shape index (κ3) is 4.49. The van der Waals surface area contributed by atoms with E-state index in [0.717, 1.165) is 17.7 Å². The van der Waals surface area contributed by atoms with Gasteiger partial charge in [-0.15, -0.1) is 0 Å². The quantitative estimate of drug-likeness (QED) is 0.384. The lowest BCUT2D eigenvalue weighted by atomic mass is 9.90. The molecule has 8 nitrogen and oxygen atoms in total. The number of imide groups is 1. The Balaban J connectivity index is 1.53. The molecule has 2 fully saturated rings. The van der Waals surface area contributed by atoms with Crippen molar-refractivity contribution in [1.82, 2.24) is 0 Å². The van der Waals surface area contributed by atoms with Crippen LogP contribution in [0.2, 0.25) is 0 Å². The van der Waals surface area contributed by atoms with Crippen molar-refractivity contribution in [2.75, 3.05) is 30.3 Å². The van der Waals surface area contributed by atoms with Gasteiger partial charge in [-0.25, -0.2) is 9.96 Å². The Kier molecular flexibility index (Phi) is 7.01. The fourth-order valence-electron chi connectivity index (χ4n) is 4.86. The van der Waals surface area contributed by atoms with E-state index in [4.69, 9.17) is 19.0 Å². The summed E-state index contributed by atoms with van der Waals surface area (Å²) in [6, 6.07) is 21.5. The smallest absolute Gasteiger partial charge is 0.266 e. The SMILES string of the molecule is CCCOc1ccc([C@H]2[C@@H]3C(=O)N(c4ccc(OCC)cc4)C(=O)[C@@H]3ON2c2ccccc2)cc1OC. The number of amides is 2. The van der Waals surface area contributed by atoms with E-state index >= 15 is 0 Å². The zero-order valence-electron chi connectivity index (χ0n) is 21.1. The lowest BCUT2D eigenvalue weighted by Gasteiger charge is -2.29. The van der Waals surface area contributed by atoms with Gasteiger partial charge in [0.2, 0.25) is 5.91 Å². The maximum Gasteiger partial charge on any atom is 0.266 e. The Bertz CT molecular complexity index is 1260. The number of para-hydroxylation sites is 1. The van der Waals surface area contributed by atoms with Gasteiger partial charge in [0.15, 0.2) is 17.6 Å². The van der Waals surface area contributed by atoms with Gasteiger partial charge < -0.3 is 14.2 Å². The summed E-state index contributed by atoms with van der Waals surface area (Å²) in [4.78, 5) is 34.8. The first-order chi connectivity index (χ1) is 18.1. The van der Waals surface area contributed by atoms with Gasteiger partial charge in [0.1, 0.15) is 11.7 Å². The predicted molar refractivity (Wildman–Crippen MR) is 139 cm³/mol. The van der Waals surface area contributed by atoms with Crippen LogP contribution in [0.15, 0.2) is 72.8 Å². The Labute approximate surface area is 216 Å². The van der Waals surface area contributed by atoms with Crippen molar-refractivity contribution in [3.05, 3.63) is 78.4 Å². The Hall–Kier alpha value is -4.04. The van der Waals surface area contributed by atoms with E-state index in [-0.39, 0.29) is 5.91 Å². The molecule has 37 heavy (non-hydrogen) atoms. The summed E-state index contributed by atoms with van der Waals surface area (Å²) < 4.78 is 16.9. The van der Waals surface area contributed by atoms with Gasteiger partial charge in [-0.1, -0.05) is 31.2 Å². The number of hydroxylamine groups is 1. The van der Waals surface area contributed by atoms with Crippen molar-refractivity contribution in [2.45, 2.75) is 32.4 Å². The molecule has 192 valence electrons. The molecule has 2 aliphatic rings. The van der Waals surface area contributed by atoms with Crippen molar-refractivity contribution >= 4 is 23.2 Å². The van der Waals surface area contributed by atoms with Crippen LogP contribution in [-0.4, -0.2) is 38.2 Å². The minimum Gasteiger partial charge on any atom is -0.494 e. The first-order valence-electron chi connectivity index (χ1n) is 12.5. The lowest BCUT2D eigenvalue weighted by molar-refractivity contribution is -0.126. The Morgan fingerprint density at radius 1 is 0.838 bits per heavy atom. The molecule has 3 aromatic rings. The molecule has 0 bridgehead atoms. The third-order valence-corrected chi connectivity index (χ3v) is 6.52. The van der Waals surface area contributed by atoms with Gasteiger partial charge in [-0.2, -0.15) is 0 Å². The molecule has 0 aliphatic carbocycles. The highest BCUT2D eigenvalue weighted by Gasteiger charge is 2.60. The number of nitrogens with zero attached hydrogens (tertiary/aromatic N) is 2. The van der Waals surface area contributed by atoms with Crippen LogP contribution < -0.4 is 24.2 Å². The second kappa shape index (κ2) is 10.5. The number of hydrogen-bond donors (Lipinski definition) is 0. The van der Waals surface area contributed by atoms with Crippen LogP contribution in [0.1, 0.15) is 31.9 Å². The summed E-state index contributed by atoms with van der Waals surface area (Å²) in [5, 5.41) is 1.67. The van der Waals surface area contributed by atoms with Crippen LogP contribution in [0.5, 0.6) is 17.2 Å². The molecule has 0 N–H and O–H groups in total. The van der Waals surface area contributed by atoms with Gasteiger partial charge in [-0.05, 0) is 67.4 Å². The first-order valence-corrected chi connectivity index (χ1v) is 12.5. The molecule has 0 spiro atoms. The van der Waals surface area contributed by atoms with Crippen LogP contribution in [0.3, 0.4) is 0 Å². The number of carbonyl (C=O) groups is 2. The zero-order chi connectivity index (χ0) is 25.9. The summed E-state index contributed by atoms with van der Waals surface area (Å²) in [6.45, 7) is 5.03. The number of ether oxygens (including phenoxy) is 3. The van der Waals surface area contributed by atoms with E-state index in [1.165, 1.54) is 4.90 Å². The van der Waals surface area contributed by atoms with Gasteiger partial charge >= 0.3 is 0 Å². The van der Waals surface area contributed by atoms with Crippen LogP contribution in [0, 0.1) is 5.92 Å². The van der Waals surface area contributed by atoms with Gasteiger partial charge in [-0.3, -0.25) is 14.4 Å². The highest BCUT2D eigenvalue weighted by Crippen LogP contribution is 2.48. The van der Waals surface area contributed by atoms with Gasteiger partial charge in [0.25, 0.3) is 5.91 Å². The van der Waals surface area contributed by atoms with Crippen molar-refractivity contribution < 1.29 is 28.6 Å².